The van der Waals surface area contributed by atoms with Crippen LogP contribution in [0, 0.1) is 6.92 Å². The van der Waals surface area contributed by atoms with E-state index in [1.807, 2.05) is 31.2 Å². The first kappa shape index (κ1) is 14.5. The van der Waals surface area contributed by atoms with Gasteiger partial charge in [0, 0.05) is 12.1 Å². The summed E-state index contributed by atoms with van der Waals surface area (Å²) in [6, 6.07) is 7.86. The van der Waals surface area contributed by atoms with Crippen LogP contribution in [-0.2, 0) is 6.54 Å². The molecule has 106 valence electrons. The summed E-state index contributed by atoms with van der Waals surface area (Å²) in [6.07, 6.45) is 3.39. The van der Waals surface area contributed by atoms with Gasteiger partial charge in [0.15, 0.2) is 0 Å². The molecule has 1 heterocycles. The van der Waals surface area contributed by atoms with Crippen molar-refractivity contribution >= 4 is 0 Å². The van der Waals surface area contributed by atoms with E-state index < -0.39 is 0 Å². The Morgan fingerprint density at radius 1 is 1.15 bits per heavy atom. The summed E-state index contributed by atoms with van der Waals surface area (Å²) >= 11 is 0. The van der Waals surface area contributed by atoms with E-state index in [9.17, 15) is 0 Å². The van der Waals surface area contributed by atoms with Crippen molar-refractivity contribution in [3.05, 3.63) is 47.9 Å². The highest BCUT2D eigenvalue weighted by Crippen LogP contribution is 2.19. The second-order valence-corrected chi connectivity index (χ2v) is 5.87. The molecule has 4 heteroatoms. The van der Waals surface area contributed by atoms with E-state index in [0.717, 1.165) is 17.0 Å². The normalized spacial score (nSPS) is 11.4. The highest BCUT2D eigenvalue weighted by atomic mass is 16.5. The third-order valence-electron chi connectivity index (χ3n) is 2.69. The number of rotatable bonds is 4. The average molecular weight is 271 g/mol. The smallest absolute Gasteiger partial charge is 0.237 e. The number of aromatic nitrogens is 2. The monoisotopic (exact) mass is 271 g/mol. The summed E-state index contributed by atoms with van der Waals surface area (Å²) < 4.78 is 5.67. The van der Waals surface area contributed by atoms with Gasteiger partial charge in [-0.05, 0) is 45.4 Å². The van der Waals surface area contributed by atoms with Crippen LogP contribution in [0.2, 0.25) is 0 Å². The van der Waals surface area contributed by atoms with E-state index in [-0.39, 0.29) is 5.54 Å². The summed E-state index contributed by atoms with van der Waals surface area (Å²) in [5.74, 6) is 1.29. The molecule has 0 bridgehead atoms. The van der Waals surface area contributed by atoms with Crippen molar-refractivity contribution in [3.63, 3.8) is 0 Å². The highest BCUT2D eigenvalue weighted by molar-refractivity contribution is 5.30. The zero-order valence-electron chi connectivity index (χ0n) is 12.5. The van der Waals surface area contributed by atoms with Gasteiger partial charge in [-0.25, -0.2) is 4.98 Å². The minimum absolute atomic E-state index is 0.0679. The van der Waals surface area contributed by atoms with Gasteiger partial charge in [-0.3, -0.25) is 4.98 Å². The Balaban J connectivity index is 1.98. The summed E-state index contributed by atoms with van der Waals surface area (Å²) in [4.78, 5) is 8.63. The zero-order valence-corrected chi connectivity index (χ0v) is 12.5. The SMILES string of the molecule is Cc1cccc(Oc2cnc(CNC(C)(C)C)cn2)c1. The van der Waals surface area contributed by atoms with Crippen LogP contribution in [0.3, 0.4) is 0 Å². The first-order valence-corrected chi connectivity index (χ1v) is 6.73. The molecule has 1 N–H and O–H groups in total. The Bertz CT molecular complexity index is 559. The van der Waals surface area contributed by atoms with Crippen molar-refractivity contribution in [2.45, 2.75) is 39.8 Å². The van der Waals surface area contributed by atoms with Gasteiger partial charge in [0.25, 0.3) is 0 Å². The average Bonchev–Trinajstić information content (AvgIpc) is 2.37. The standard InChI is InChI=1S/C16H21N3O/c1-12-6-5-7-14(8-12)20-15-11-17-13(9-18-15)10-19-16(2,3)4/h5-9,11,19H,10H2,1-4H3. The second-order valence-electron chi connectivity index (χ2n) is 5.87. The first-order chi connectivity index (χ1) is 9.42. The minimum Gasteiger partial charge on any atom is -0.437 e. The number of aryl methyl sites for hydroxylation is 1. The lowest BCUT2D eigenvalue weighted by Crippen LogP contribution is -2.35. The van der Waals surface area contributed by atoms with Gasteiger partial charge in [-0.1, -0.05) is 12.1 Å². The third kappa shape index (κ3) is 4.63. The molecule has 0 fully saturated rings. The van der Waals surface area contributed by atoms with Crippen molar-refractivity contribution in [3.8, 4) is 11.6 Å². The van der Waals surface area contributed by atoms with Crippen molar-refractivity contribution < 1.29 is 4.74 Å². The van der Waals surface area contributed by atoms with E-state index in [1.165, 1.54) is 0 Å². The molecule has 4 nitrogen and oxygen atoms in total. The molecule has 20 heavy (non-hydrogen) atoms. The molecule has 0 unspecified atom stereocenters. The Morgan fingerprint density at radius 2 is 1.95 bits per heavy atom. The molecule has 0 atom stereocenters. The molecule has 2 aromatic rings. The second kappa shape index (κ2) is 6.01. The van der Waals surface area contributed by atoms with Crippen LogP contribution in [0.5, 0.6) is 11.6 Å². The van der Waals surface area contributed by atoms with E-state index in [4.69, 9.17) is 4.74 Å². The predicted octanol–water partition coefficient (Wildman–Crippen LogP) is 3.47. The molecule has 1 aromatic heterocycles. The minimum atomic E-state index is 0.0679. The van der Waals surface area contributed by atoms with E-state index in [2.05, 4.69) is 36.1 Å². The van der Waals surface area contributed by atoms with Gasteiger partial charge in [-0.15, -0.1) is 0 Å². The topological polar surface area (TPSA) is 47.0 Å². The van der Waals surface area contributed by atoms with Crippen LogP contribution >= 0.6 is 0 Å². The molecule has 0 saturated heterocycles. The van der Waals surface area contributed by atoms with Gasteiger partial charge in [-0.2, -0.15) is 0 Å². The molecule has 0 amide bonds. The van der Waals surface area contributed by atoms with Crippen LogP contribution in [0.15, 0.2) is 36.7 Å². The molecule has 0 aliphatic rings. The highest BCUT2D eigenvalue weighted by Gasteiger charge is 2.09. The van der Waals surface area contributed by atoms with E-state index >= 15 is 0 Å². The fourth-order valence-corrected chi connectivity index (χ4v) is 1.64. The molecule has 2 rings (SSSR count). The van der Waals surface area contributed by atoms with Gasteiger partial charge < -0.3 is 10.1 Å². The van der Waals surface area contributed by atoms with Crippen LogP contribution in [-0.4, -0.2) is 15.5 Å². The molecule has 1 aromatic carbocycles. The number of nitrogens with zero attached hydrogens (tertiary/aromatic N) is 2. The number of benzene rings is 1. The molecule has 0 aliphatic carbocycles. The predicted molar refractivity (Wildman–Crippen MR) is 79.9 cm³/mol. The quantitative estimate of drug-likeness (QED) is 0.925. The Kier molecular flexibility index (Phi) is 4.35. The van der Waals surface area contributed by atoms with Crippen LogP contribution < -0.4 is 10.1 Å². The first-order valence-electron chi connectivity index (χ1n) is 6.73. The van der Waals surface area contributed by atoms with Crippen molar-refractivity contribution in [2.24, 2.45) is 0 Å². The zero-order chi connectivity index (χ0) is 14.6. The Morgan fingerprint density at radius 3 is 2.55 bits per heavy atom. The Labute approximate surface area is 120 Å². The number of hydrogen-bond donors (Lipinski definition) is 1. The lowest BCUT2D eigenvalue weighted by molar-refractivity contribution is 0.418. The van der Waals surface area contributed by atoms with Gasteiger partial charge in [0.05, 0.1) is 18.1 Å². The lowest BCUT2D eigenvalue weighted by Gasteiger charge is -2.19. The van der Waals surface area contributed by atoms with Crippen LogP contribution in [0.1, 0.15) is 32.0 Å². The maximum absolute atomic E-state index is 5.67. The number of ether oxygens (including phenoxy) is 1. The van der Waals surface area contributed by atoms with Crippen LogP contribution in [0.4, 0.5) is 0 Å². The molecular weight excluding hydrogens is 250 g/mol. The molecule has 0 aliphatic heterocycles. The summed E-state index contributed by atoms with van der Waals surface area (Å²) in [7, 11) is 0. The summed E-state index contributed by atoms with van der Waals surface area (Å²) in [5.41, 5.74) is 2.12. The summed E-state index contributed by atoms with van der Waals surface area (Å²) in [6.45, 7) is 9.09. The Hall–Kier alpha value is -1.94. The fourth-order valence-electron chi connectivity index (χ4n) is 1.64. The maximum atomic E-state index is 5.67. The van der Waals surface area contributed by atoms with E-state index in [0.29, 0.717) is 12.4 Å². The molecular formula is C16H21N3O. The van der Waals surface area contributed by atoms with E-state index in [1.54, 1.807) is 12.4 Å². The molecule has 0 radical (unpaired) electrons. The van der Waals surface area contributed by atoms with Gasteiger partial charge in [0.1, 0.15) is 5.75 Å². The summed E-state index contributed by atoms with van der Waals surface area (Å²) in [5, 5.41) is 3.37. The molecule has 0 saturated carbocycles. The van der Waals surface area contributed by atoms with Crippen molar-refractivity contribution in [2.75, 3.05) is 0 Å². The number of hydrogen-bond acceptors (Lipinski definition) is 4. The largest absolute Gasteiger partial charge is 0.437 e. The van der Waals surface area contributed by atoms with Gasteiger partial charge >= 0.3 is 0 Å². The third-order valence-corrected chi connectivity index (χ3v) is 2.69. The lowest BCUT2D eigenvalue weighted by atomic mass is 10.1. The fraction of sp³-hybridized carbons (Fsp3) is 0.375. The van der Waals surface area contributed by atoms with Gasteiger partial charge in [0.2, 0.25) is 5.88 Å². The number of nitrogens with one attached hydrogen (secondary N) is 1. The maximum Gasteiger partial charge on any atom is 0.237 e. The van der Waals surface area contributed by atoms with Crippen molar-refractivity contribution in [1.29, 1.82) is 0 Å². The van der Waals surface area contributed by atoms with Crippen molar-refractivity contribution in [1.82, 2.24) is 15.3 Å². The van der Waals surface area contributed by atoms with Crippen LogP contribution in [0.25, 0.3) is 0 Å². The molecule has 0 spiro atoms.